The molecule has 14 heavy (non-hydrogen) atoms. The summed E-state index contributed by atoms with van der Waals surface area (Å²) in [5.74, 6) is 0. The van der Waals surface area contributed by atoms with E-state index in [1.165, 1.54) is 0 Å². The highest BCUT2D eigenvalue weighted by Gasteiger charge is 2.03. The van der Waals surface area contributed by atoms with E-state index in [-0.39, 0.29) is 0 Å². The zero-order valence-electron chi connectivity index (χ0n) is 8.05. The Morgan fingerprint density at radius 2 is 2.00 bits per heavy atom. The van der Waals surface area contributed by atoms with Gasteiger partial charge in [-0.05, 0) is 11.6 Å². The van der Waals surface area contributed by atoms with Crippen molar-refractivity contribution in [2.45, 2.75) is 6.73 Å². The van der Waals surface area contributed by atoms with Gasteiger partial charge in [-0.25, -0.2) is 4.68 Å². The monoisotopic (exact) mass is 188 g/mol. The van der Waals surface area contributed by atoms with Gasteiger partial charge in [-0.3, -0.25) is 0 Å². The van der Waals surface area contributed by atoms with Gasteiger partial charge in [0.15, 0.2) is 0 Å². The minimum absolute atomic E-state index is 0.483. The van der Waals surface area contributed by atoms with Crippen molar-refractivity contribution >= 4 is 0 Å². The van der Waals surface area contributed by atoms with E-state index in [2.05, 4.69) is 17.2 Å². The maximum atomic E-state index is 5.05. The molecular formula is C11H12N2O. The fourth-order valence-corrected chi connectivity index (χ4v) is 1.41. The van der Waals surface area contributed by atoms with Crippen molar-refractivity contribution < 1.29 is 4.74 Å². The predicted molar refractivity (Wildman–Crippen MR) is 54.7 cm³/mol. The molecular weight excluding hydrogens is 176 g/mol. The van der Waals surface area contributed by atoms with Crippen molar-refractivity contribution in [2.75, 3.05) is 7.11 Å². The Balaban J connectivity index is 2.37. The van der Waals surface area contributed by atoms with Crippen LogP contribution in [0.2, 0.25) is 0 Å². The van der Waals surface area contributed by atoms with E-state index < -0.39 is 0 Å². The number of benzene rings is 1. The van der Waals surface area contributed by atoms with Gasteiger partial charge in [-0.1, -0.05) is 30.3 Å². The van der Waals surface area contributed by atoms with Crippen molar-refractivity contribution in [3.05, 3.63) is 42.6 Å². The number of methoxy groups -OCH3 is 1. The molecule has 1 heterocycles. The van der Waals surface area contributed by atoms with Crippen LogP contribution in [-0.2, 0) is 11.5 Å². The van der Waals surface area contributed by atoms with Gasteiger partial charge in [0.25, 0.3) is 0 Å². The van der Waals surface area contributed by atoms with Gasteiger partial charge in [0.2, 0.25) is 0 Å². The maximum absolute atomic E-state index is 5.05. The minimum Gasteiger partial charge on any atom is -0.362 e. The van der Waals surface area contributed by atoms with Crippen LogP contribution in [0.15, 0.2) is 42.6 Å². The molecule has 1 aromatic carbocycles. The van der Waals surface area contributed by atoms with E-state index in [4.69, 9.17) is 4.74 Å². The highest BCUT2D eigenvalue weighted by Crippen LogP contribution is 2.17. The van der Waals surface area contributed by atoms with Crippen LogP contribution < -0.4 is 0 Å². The molecule has 2 aromatic rings. The quantitative estimate of drug-likeness (QED) is 0.738. The van der Waals surface area contributed by atoms with E-state index in [0.29, 0.717) is 6.73 Å². The molecule has 3 heteroatoms. The Labute approximate surface area is 82.9 Å². The van der Waals surface area contributed by atoms with Crippen LogP contribution in [0.25, 0.3) is 11.3 Å². The zero-order chi connectivity index (χ0) is 9.80. The normalized spacial score (nSPS) is 10.4. The van der Waals surface area contributed by atoms with Crippen molar-refractivity contribution in [3.8, 4) is 11.3 Å². The number of aromatic nitrogens is 2. The first kappa shape index (κ1) is 8.97. The summed E-state index contributed by atoms with van der Waals surface area (Å²) in [5.41, 5.74) is 2.23. The molecule has 0 amide bonds. The minimum atomic E-state index is 0.483. The van der Waals surface area contributed by atoms with Crippen molar-refractivity contribution in [1.82, 2.24) is 9.78 Å². The van der Waals surface area contributed by atoms with E-state index in [0.717, 1.165) is 11.3 Å². The Hall–Kier alpha value is -1.61. The molecule has 3 nitrogen and oxygen atoms in total. The van der Waals surface area contributed by atoms with Crippen LogP contribution in [0.5, 0.6) is 0 Å². The summed E-state index contributed by atoms with van der Waals surface area (Å²) in [7, 11) is 1.66. The molecule has 0 fully saturated rings. The molecule has 0 aliphatic heterocycles. The fourth-order valence-electron chi connectivity index (χ4n) is 1.41. The molecule has 0 bridgehead atoms. The van der Waals surface area contributed by atoms with Crippen LogP contribution in [0.3, 0.4) is 0 Å². The molecule has 0 aliphatic rings. The lowest BCUT2D eigenvalue weighted by Crippen LogP contribution is -2.03. The van der Waals surface area contributed by atoms with Crippen molar-refractivity contribution in [2.24, 2.45) is 0 Å². The van der Waals surface area contributed by atoms with Gasteiger partial charge in [0.05, 0.1) is 5.69 Å². The third kappa shape index (κ3) is 1.67. The summed E-state index contributed by atoms with van der Waals surface area (Å²) < 4.78 is 6.88. The number of nitrogens with zero attached hydrogens (tertiary/aromatic N) is 2. The van der Waals surface area contributed by atoms with Gasteiger partial charge in [0.1, 0.15) is 6.73 Å². The Bertz CT molecular complexity index is 395. The topological polar surface area (TPSA) is 27.1 Å². The second-order valence-corrected chi connectivity index (χ2v) is 3.00. The van der Waals surface area contributed by atoms with Crippen LogP contribution in [0.4, 0.5) is 0 Å². The second-order valence-electron chi connectivity index (χ2n) is 3.00. The van der Waals surface area contributed by atoms with Crippen molar-refractivity contribution in [3.63, 3.8) is 0 Å². The first-order chi connectivity index (χ1) is 6.92. The first-order valence-electron chi connectivity index (χ1n) is 4.48. The Morgan fingerprint density at radius 3 is 2.71 bits per heavy atom. The third-order valence-electron chi connectivity index (χ3n) is 2.04. The molecule has 0 aliphatic carbocycles. The standard InChI is InChI=1S/C11H12N2O/c1-14-9-13-11(7-8-12-13)10-5-3-2-4-6-10/h2-8H,9H2,1H3. The zero-order valence-corrected chi connectivity index (χ0v) is 8.05. The summed E-state index contributed by atoms with van der Waals surface area (Å²) in [6, 6.07) is 12.1. The van der Waals surface area contributed by atoms with Gasteiger partial charge >= 0.3 is 0 Å². The lowest BCUT2D eigenvalue weighted by molar-refractivity contribution is 0.122. The molecule has 0 N–H and O–H groups in total. The summed E-state index contributed by atoms with van der Waals surface area (Å²) >= 11 is 0. The first-order valence-corrected chi connectivity index (χ1v) is 4.48. The summed E-state index contributed by atoms with van der Waals surface area (Å²) in [6.07, 6.45) is 1.78. The molecule has 0 atom stereocenters. The molecule has 72 valence electrons. The molecule has 1 aromatic heterocycles. The molecule has 0 unspecified atom stereocenters. The van der Waals surface area contributed by atoms with E-state index in [9.17, 15) is 0 Å². The SMILES string of the molecule is COCn1nccc1-c1ccccc1. The smallest absolute Gasteiger partial charge is 0.139 e. The van der Waals surface area contributed by atoms with Gasteiger partial charge in [0, 0.05) is 13.3 Å². The lowest BCUT2D eigenvalue weighted by atomic mass is 10.1. The van der Waals surface area contributed by atoms with Crippen LogP contribution in [0, 0.1) is 0 Å². The highest BCUT2D eigenvalue weighted by atomic mass is 16.5. The maximum Gasteiger partial charge on any atom is 0.139 e. The summed E-state index contributed by atoms with van der Waals surface area (Å²) in [5, 5.41) is 4.17. The van der Waals surface area contributed by atoms with Crippen LogP contribution in [0.1, 0.15) is 0 Å². The van der Waals surface area contributed by atoms with E-state index in [1.807, 2.05) is 28.9 Å². The van der Waals surface area contributed by atoms with E-state index >= 15 is 0 Å². The van der Waals surface area contributed by atoms with Gasteiger partial charge in [-0.15, -0.1) is 0 Å². The third-order valence-corrected chi connectivity index (χ3v) is 2.04. The number of ether oxygens (including phenoxy) is 1. The summed E-state index contributed by atoms with van der Waals surface area (Å²) in [6.45, 7) is 0.483. The average molecular weight is 188 g/mol. The average Bonchev–Trinajstić information content (AvgIpc) is 2.68. The molecule has 0 spiro atoms. The molecule has 2 rings (SSSR count). The van der Waals surface area contributed by atoms with Crippen molar-refractivity contribution in [1.29, 1.82) is 0 Å². The highest BCUT2D eigenvalue weighted by molar-refractivity contribution is 5.58. The predicted octanol–water partition coefficient (Wildman–Crippen LogP) is 2.15. The van der Waals surface area contributed by atoms with E-state index in [1.54, 1.807) is 13.3 Å². The molecule has 0 radical (unpaired) electrons. The molecule has 0 saturated carbocycles. The van der Waals surface area contributed by atoms with Gasteiger partial charge in [-0.2, -0.15) is 5.10 Å². The fraction of sp³-hybridized carbons (Fsp3) is 0.182. The number of hydrogen-bond donors (Lipinski definition) is 0. The molecule has 0 saturated heterocycles. The largest absolute Gasteiger partial charge is 0.362 e. The van der Waals surface area contributed by atoms with Crippen LogP contribution >= 0.6 is 0 Å². The van der Waals surface area contributed by atoms with Gasteiger partial charge < -0.3 is 4.74 Å². The summed E-state index contributed by atoms with van der Waals surface area (Å²) in [4.78, 5) is 0. The van der Waals surface area contributed by atoms with Crippen LogP contribution in [-0.4, -0.2) is 16.9 Å². The Morgan fingerprint density at radius 1 is 1.21 bits per heavy atom. The Kier molecular flexibility index (Phi) is 2.60. The number of hydrogen-bond acceptors (Lipinski definition) is 2. The number of rotatable bonds is 3. The lowest BCUT2D eigenvalue weighted by Gasteiger charge is -2.05. The second kappa shape index (κ2) is 4.07.